The molecule has 0 aliphatic carbocycles. The molecule has 2 heterocycles. The summed E-state index contributed by atoms with van der Waals surface area (Å²) in [6.07, 6.45) is 5.14. The van der Waals surface area contributed by atoms with Crippen LogP contribution in [0.1, 0.15) is 54.4 Å². The molecule has 4 nitrogen and oxygen atoms in total. The van der Waals surface area contributed by atoms with E-state index in [9.17, 15) is 0 Å². The number of ether oxygens (including phenoxy) is 2. The first-order valence-electron chi connectivity index (χ1n) is 9.18. The van der Waals surface area contributed by atoms with Gasteiger partial charge in [-0.3, -0.25) is 0 Å². The quantitative estimate of drug-likeness (QED) is 0.648. The summed E-state index contributed by atoms with van der Waals surface area (Å²) in [5, 5.41) is 0. The SMILES string of the molecule is C=CCC(CC=C)(C1=N[C@@H](C(C)(C)C)CO1)C1=N[C@@H](C(C)(C)C)CO1. The largest absolute Gasteiger partial charge is 0.478 e. The lowest BCUT2D eigenvalue weighted by molar-refractivity contribution is 0.208. The minimum atomic E-state index is -0.524. The Hall–Kier alpha value is -1.58. The van der Waals surface area contributed by atoms with Gasteiger partial charge >= 0.3 is 0 Å². The van der Waals surface area contributed by atoms with Gasteiger partial charge in [-0.05, 0) is 23.7 Å². The minimum Gasteiger partial charge on any atom is -0.478 e. The zero-order chi connectivity index (χ0) is 18.9. The second-order valence-corrected chi connectivity index (χ2v) is 9.32. The minimum absolute atomic E-state index is 0.0577. The second-order valence-electron chi connectivity index (χ2n) is 9.32. The molecule has 0 N–H and O–H groups in total. The van der Waals surface area contributed by atoms with Crippen molar-refractivity contribution >= 4 is 11.8 Å². The van der Waals surface area contributed by atoms with E-state index in [0.717, 1.165) is 11.8 Å². The molecule has 2 atom stereocenters. The van der Waals surface area contributed by atoms with Crippen molar-refractivity contribution in [2.45, 2.75) is 66.5 Å². The molecule has 0 spiro atoms. The maximum absolute atomic E-state index is 6.09. The molecule has 2 aliphatic heterocycles. The monoisotopic (exact) mass is 346 g/mol. The zero-order valence-corrected chi connectivity index (χ0v) is 16.8. The number of nitrogens with zero attached hydrogens (tertiary/aromatic N) is 2. The van der Waals surface area contributed by atoms with E-state index in [2.05, 4.69) is 54.7 Å². The molecular formula is C21H34N2O2. The predicted molar refractivity (Wildman–Crippen MR) is 105 cm³/mol. The van der Waals surface area contributed by atoms with Gasteiger partial charge in [-0.15, -0.1) is 13.2 Å². The molecule has 0 aromatic heterocycles. The van der Waals surface area contributed by atoms with Crippen LogP contribution in [0.5, 0.6) is 0 Å². The highest BCUT2D eigenvalue weighted by Gasteiger charge is 2.49. The lowest BCUT2D eigenvalue weighted by Crippen LogP contribution is -2.39. The van der Waals surface area contributed by atoms with E-state index in [1.54, 1.807) is 0 Å². The average molecular weight is 347 g/mol. The topological polar surface area (TPSA) is 43.2 Å². The van der Waals surface area contributed by atoms with Crippen molar-refractivity contribution in [2.24, 2.45) is 26.2 Å². The van der Waals surface area contributed by atoms with Crippen molar-refractivity contribution in [3.05, 3.63) is 25.3 Å². The number of allylic oxidation sites excluding steroid dienone is 2. The van der Waals surface area contributed by atoms with E-state index < -0.39 is 5.41 Å². The second kappa shape index (κ2) is 6.97. The standard InChI is InChI=1S/C21H34N2O2/c1-9-11-21(12-10-2,17-22-15(13-24-17)19(3,4)5)18-23-16(14-25-18)20(6,7)8/h9-10,15-16H,1-2,11-14H2,3-8H3/t15-,16-/m1/s1. The fraction of sp³-hybridized carbons (Fsp3) is 0.714. The van der Waals surface area contributed by atoms with Crippen molar-refractivity contribution in [1.82, 2.24) is 0 Å². The maximum atomic E-state index is 6.09. The van der Waals surface area contributed by atoms with Crippen LogP contribution in [0.25, 0.3) is 0 Å². The summed E-state index contributed by atoms with van der Waals surface area (Å²) in [7, 11) is 0. The maximum Gasteiger partial charge on any atom is 0.200 e. The molecule has 2 rings (SSSR count). The Morgan fingerprint density at radius 1 is 0.840 bits per heavy atom. The van der Waals surface area contributed by atoms with Gasteiger partial charge in [0.1, 0.15) is 18.6 Å². The third kappa shape index (κ3) is 3.99. The molecule has 0 amide bonds. The van der Waals surface area contributed by atoms with Gasteiger partial charge < -0.3 is 9.47 Å². The third-order valence-corrected chi connectivity index (χ3v) is 5.11. The lowest BCUT2D eigenvalue weighted by atomic mass is 9.79. The fourth-order valence-corrected chi connectivity index (χ4v) is 3.18. The third-order valence-electron chi connectivity index (χ3n) is 5.11. The van der Waals surface area contributed by atoms with E-state index in [4.69, 9.17) is 19.5 Å². The summed E-state index contributed by atoms with van der Waals surface area (Å²) in [6, 6.07) is 0.272. The number of aliphatic imine (C=N–C) groups is 2. The van der Waals surface area contributed by atoms with Crippen molar-refractivity contribution in [3.8, 4) is 0 Å². The van der Waals surface area contributed by atoms with E-state index in [-0.39, 0.29) is 22.9 Å². The normalized spacial score (nSPS) is 24.2. The van der Waals surface area contributed by atoms with Crippen LogP contribution in [0, 0.1) is 16.2 Å². The first-order chi connectivity index (χ1) is 11.5. The Morgan fingerprint density at radius 3 is 1.44 bits per heavy atom. The van der Waals surface area contributed by atoms with Gasteiger partial charge in [0.2, 0.25) is 0 Å². The van der Waals surface area contributed by atoms with Gasteiger partial charge in [0.25, 0.3) is 0 Å². The van der Waals surface area contributed by atoms with Gasteiger partial charge in [-0.2, -0.15) is 0 Å². The highest BCUT2D eigenvalue weighted by Crippen LogP contribution is 2.40. The summed E-state index contributed by atoms with van der Waals surface area (Å²) in [4.78, 5) is 9.88. The Balaban J connectivity index is 2.46. The summed E-state index contributed by atoms with van der Waals surface area (Å²) in [5.74, 6) is 1.45. The molecule has 140 valence electrons. The molecule has 0 aromatic carbocycles. The highest BCUT2D eigenvalue weighted by atomic mass is 16.5. The smallest absolute Gasteiger partial charge is 0.200 e. The highest BCUT2D eigenvalue weighted by molar-refractivity contribution is 6.06. The first-order valence-corrected chi connectivity index (χ1v) is 9.18. The summed E-state index contributed by atoms with van der Waals surface area (Å²) >= 11 is 0. The van der Waals surface area contributed by atoms with Crippen molar-refractivity contribution in [2.75, 3.05) is 13.2 Å². The first kappa shape index (κ1) is 19.7. The molecule has 0 aromatic rings. The van der Waals surface area contributed by atoms with Crippen LogP contribution in [0.3, 0.4) is 0 Å². The van der Waals surface area contributed by atoms with Crippen molar-refractivity contribution in [1.29, 1.82) is 0 Å². The van der Waals surface area contributed by atoms with Crippen LogP contribution in [0.4, 0.5) is 0 Å². The Bertz CT molecular complexity index is 524. The fourth-order valence-electron chi connectivity index (χ4n) is 3.18. The van der Waals surface area contributed by atoms with E-state index in [0.29, 0.717) is 26.1 Å². The van der Waals surface area contributed by atoms with Crippen LogP contribution in [-0.4, -0.2) is 37.1 Å². The summed E-state index contributed by atoms with van der Waals surface area (Å²) in [5.41, 5.74) is -0.409. The van der Waals surface area contributed by atoms with Gasteiger partial charge in [0.05, 0.1) is 12.1 Å². The van der Waals surface area contributed by atoms with Gasteiger partial charge in [0.15, 0.2) is 11.8 Å². The van der Waals surface area contributed by atoms with Gasteiger partial charge in [-0.25, -0.2) is 9.98 Å². The Morgan fingerprint density at radius 2 is 1.20 bits per heavy atom. The van der Waals surface area contributed by atoms with E-state index >= 15 is 0 Å². The zero-order valence-electron chi connectivity index (χ0n) is 16.8. The number of hydrogen-bond donors (Lipinski definition) is 0. The molecule has 0 radical (unpaired) electrons. The van der Waals surface area contributed by atoms with Gasteiger partial charge in [-0.1, -0.05) is 53.7 Å². The summed E-state index contributed by atoms with van der Waals surface area (Å²) in [6.45, 7) is 22.2. The van der Waals surface area contributed by atoms with Crippen molar-refractivity contribution < 1.29 is 9.47 Å². The average Bonchev–Trinajstić information content (AvgIpc) is 3.15. The molecule has 0 fully saturated rings. The molecular weight excluding hydrogens is 312 g/mol. The molecule has 2 aliphatic rings. The Labute approximate surface area is 153 Å². The predicted octanol–water partition coefficient (Wildman–Crippen LogP) is 4.81. The van der Waals surface area contributed by atoms with Crippen LogP contribution < -0.4 is 0 Å². The molecule has 0 saturated carbocycles. The number of hydrogen-bond acceptors (Lipinski definition) is 4. The molecule has 25 heavy (non-hydrogen) atoms. The van der Waals surface area contributed by atoms with Gasteiger partial charge in [0, 0.05) is 0 Å². The molecule has 0 saturated heterocycles. The molecule has 0 bridgehead atoms. The van der Waals surface area contributed by atoms with Crippen LogP contribution in [0.2, 0.25) is 0 Å². The lowest BCUT2D eigenvalue weighted by Gasteiger charge is -2.30. The molecule has 4 heteroatoms. The van der Waals surface area contributed by atoms with E-state index in [1.165, 1.54) is 0 Å². The van der Waals surface area contributed by atoms with Crippen LogP contribution in [0.15, 0.2) is 35.3 Å². The van der Waals surface area contributed by atoms with Crippen molar-refractivity contribution in [3.63, 3.8) is 0 Å². The van der Waals surface area contributed by atoms with Crippen LogP contribution in [-0.2, 0) is 9.47 Å². The summed E-state index contributed by atoms with van der Waals surface area (Å²) < 4.78 is 12.2. The molecule has 0 unspecified atom stereocenters. The Kier molecular flexibility index (Phi) is 5.50. The van der Waals surface area contributed by atoms with Crippen LogP contribution >= 0.6 is 0 Å². The van der Waals surface area contributed by atoms with E-state index in [1.807, 2.05) is 12.2 Å². The number of rotatable bonds is 6.